The predicted molar refractivity (Wildman–Crippen MR) is 140 cm³/mol. The molecule has 2 fully saturated rings. The number of hydrogen-bond acceptors (Lipinski definition) is 6. The highest BCUT2D eigenvalue weighted by Gasteiger charge is 2.33. The molecule has 0 spiro atoms. The van der Waals surface area contributed by atoms with Gasteiger partial charge in [0.1, 0.15) is 12.1 Å². The van der Waals surface area contributed by atoms with Gasteiger partial charge in [0.2, 0.25) is 5.91 Å². The van der Waals surface area contributed by atoms with E-state index in [4.69, 9.17) is 11.6 Å². The molecule has 1 aromatic heterocycles. The van der Waals surface area contributed by atoms with Crippen LogP contribution in [0.15, 0.2) is 30.6 Å². The number of likely N-dealkylation sites (tertiary alicyclic amines) is 1. The van der Waals surface area contributed by atoms with E-state index < -0.39 is 0 Å². The third kappa shape index (κ3) is 5.32. The number of carbonyl (C=O) groups excluding carboxylic acids is 1. The number of piperazine rings is 1. The molecule has 2 aromatic rings. The van der Waals surface area contributed by atoms with Crippen LogP contribution in [0.3, 0.4) is 0 Å². The van der Waals surface area contributed by atoms with Gasteiger partial charge in [-0.15, -0.1) is 0 Å². The number of fused-ring (bicyclic) bond motifs is 1. The minimum Gasteiger partial charge on any atom is -0.353 e. The van der Waals surface area contributed by atoms with Crippen LogP contribution in [0.1, 0.15) is 54.8 Å². The summed E-state index contributed by atoms with van der Waals surface area (Å²) in [6.07, 6.45) is 6.14. The van der Waals surface area contributed by atoms with Crippen LogP contribution in [0.2, 0.25) is 5.02 Å². The van der Waals surface area contributed by atoms with E-state index in [9.17, 15) is 4.79 Å². The van der Waals surface area contributed by atoms with Crippen LogP contribution in [0.5, 0.6) is 0 Å². The molecule has 5 rings (SSSR count). The Kier molecular flexibility index (Phi) is 7.56. The quantitative estimate of drug-likeness (QED) is 0.662. The molecule has 7 nitrogen and oxygen atoms in total. The molecule has 0 radical (unpaired) electrons. The molecular weight excluding hydrogens is 460 g/mol. The van der Waals surface area contributed by atoms with E-state index in [1.807, 2.05) is 31.3 Å². The number of hydrogen-bond donors (Lipinski definition) is 1. The number of nitrogens with one attached hydrogen (secondary N) is 1. The zero-order chi connectivity index (χ0) is 24.4. The minimum atomic E-state index is -0.173. The number of amides is 1. The molecule has 3 aliphatic rings. The van der Waals surface area contributed by atoms with Crippen molar-refractivity contribution in [2.45, 2.75) is 50.5 Å². The fourth-order valence-electron chi connectivity index (χ4n) is 5.92. The lowest BCUT2D eigenvalue weighted by Gasteiger charge is -2.39. The van der Waals surface area contributed by atoms with Crippen molar-refractivity contribution in [3.05, 3.63) is 52.4 Å². The summed E-state index contributed by atoms with van der Waals surface area (Å²) in [5, 5.41) is 4.10. The molecule has 1 N–H and O–H groups in total. The Labute approximate surface area is 213 Å². The van der Waals surface area contributed by atoms with Gasteiger partial charge in [-0.05, 0) is 69.4 Å². The number of benzene rings is 1. The largest absolute Gasteiger partial charge is 0.353 e. The molecule has 3 heterocycles. The maximum atomic E-state index is 13.9. The normalized spacial score (nSPS) is 22.3. The smallest absolute Gasteiger partial charge is 0.231 e. The molecular formula is C27H37ClN6O. The summed E-state index contributed by atoms with van der Waals surface area (Å²) in [7, 11) is 2.04. The van der Waals surface area contributed by atoms with Crippen molar-refractivity contribution in [2.75, 3.05) is 57.8 Å². The minimum absolute atomic E-state index is 0.173. The van der Waals surface area contributed by atoms with Crippen molar-refractivity contribution in [1.82, 2.24) is 25.1 Å². The Balaban J connectivity index is 1.28. The van der Waals surface area contributed by atoms with Gasteiger partial charge in [0.15, 0.2) is 0 Å². The molecule has 0 saturated carbocycles. The molecule has 1 aromatic carbocycles. The number of aromatic nitrogens is 2. The Morgan fingerprint density at radius 1 is 1.06 bits per heavy atom. The fourth-order valence-corrected chi connectivity index (χ4v) is 6.04. The summed E-state index contributed by atoms with van der Waals surface area (Å²) >= 11 is 6.16. The monoisotopic (exact) mass is 496 g/mol. The van der Waals surface area contributed by atoms with Gasteiger partial charge in [0, 0.05) is 55.0 Å². The molecule has 2 atom stereocenters. The highest BCUT2D eigenvalue weighted by Crippen LogP contribution is 2.37. The van der Waals surface area contributed by atoms with Gasteiger partial charge < -0.3 is 20.0 Å². The highest BCUT2D eigenvalue weighted by molar-refractivity contribution is 6.30. The third-order valence-electron chi connectivity index (χ3n) is 8.15. The maximum Gasteiger partial charge on any atom is 0.231 e. The molecule has 0 unspecified atom stereocenters. The highest BCUT2D eigenvalue weighted by atomic mass is 35.5. The van der Waals surface area contributed by atoms with Crippen molar-refractivity contribution in [3.8, 4) is 0 Å². The first-order valence-electron chi connectivity index (χ1n) is 13.1. The van der Waals surface area contributed by atoms with Crippen LogP contribution in [0.4, 0.5) is 5.82 Å². The number of carbonyl (C=O) groups is 1. The summed E-state index contributed by atoms with van der Waals surface area (Å²) in [4.78, 5) is 29.9. The molecule has 188 valence electrons. The lowest BCUT2D eigenvalue weighted by atomic mass is 9.95. The van der Waals surface area contributed by atoms with E-state index in [-0.39, 0.29) is 11.8 Å². The summed E-state index contributed by atoms with van der Waals surface area (Å²) in [6, 6.07) is 8.42. The van der Waals surface area contributed by atoms with Crippen molar-refractivity contribution >= 4 is 23.3 Å². The number of anilines is 1. The first-order chi connectivity index (χ1) is 17.0. The van der Waals surface area contributed by atoms with Crippen LogP contribution >= 0.6 is 11.6 Å². The lowest BCUT2D eigenvalue weighted by Crippen LogP contribution is -2.52. The Morgan fingerprint density at radius 3 is 2.46 bits per heavy atom. The van der Waals surface area contributed by atoms with E-state index in [0.29, 0.717) is 17.0 Å². The zero-order valence-electron chi connectivity index (χ0n) is 20.9. The summed E-state index contributed by atoms with van der Waals surface area (Å²) in [5.74, 6) is 1.63. The van der Waals surface area contributed by atoms with E-state index in [2.05, 4.69) is 36.9 Å². The van der Waals surface area contributed by atoms with Crippen molar-refractivity contribution in [2.24, 2.45) is 0 Å². The van der Waals surface area contributed by atoms with Gasteiger partial charge in [0.05, 0.1) is 5.92 Å². The number of rotatable bonds is 6. The van der Waals surface area contributed by atoms with Gasteiger partial charge in [-0.25, -0.2) is 9.97 Å². The van der Waals surface area contributed by atoms with E-state index >= 15 is 0 Å². The number of nitrogens with zero attached hydrogens (tertiary/aromatic N) is 5. The van der Waals surface area contributed by atoms with Gasteiger partial charge in [-0.2, -0.15) is 0 Å². The second-order valence-electron chi connectivity index (χ2n) is 10.3. The number of aryl methyl sites for hydroxylation is 1. The topological polar surface area (TPSA) is 64.6 Å². The number of halogens is 1. The Morgan fingerprint density at radius 2 is 1.77 bits per heavy atom. The molecule has 0 bridgehead atoms. The Bertz CT molecular complexity index is 1010. The van der Waals surface area contributed by atoms with Crippen molar-refractivity contribution in [1.29, 1.82) is 0 Å². The molecule has 2 saturated heterocycles. The van der Waals surface area contributed by atoms with E-state index in [1.165, 1.54) is 11.3 Å². The summed E-state index contributed by atoms with van der Waals surface area (Å²) < 4.78 is 0. The second-order valence-corrected chi connectivity index (χ2v) is 10.7. The van der Waals surface area contributed by atoms with Gasteiger partial charge in [-0.3, -0.25) is 4.79 Å². The predicted octanol–water partition coefficient (Wildman–Crippen LogP) is 3.30. The lowest BCUT2D eigenvalue weighted by molar-refractivity contribution is -0.133. The fraction of sp³-hybridized carbons (Fsp3) is 0.593. The number of piperidine rings is 1. The average Bonchev–Trinajstić information content (AvgIpc) is 3.29. The summed E-state index contributed by atoms with van der Waals surface area (Å²) in [6.45, 7) is 8.13. The van der Waals surface area contributed by atoms with E-state index in [1.54, 1.807) is 6.33 Å². The SMILES string of the molecule is CNC1CCN(C[C@H](C(=O)N2CCN(c3ncnc4c3[C@H](C)CC4)CC2)c2ccc(Cl)cc2)CC1. The molecule has 35 heavy (non-hydrogen) atoms. The standard InChI is InChI=1S/C27H37ClN6O/c1-19-3-8-24-25(19)26(31-18-30-24)33-13-15-34(16-14-33)27(35)23(20-4-6-21(28)7-5-20)17-32-11-9-22(29-2)10-12-32/h4-7,18-19,22-23,29H,3,8-17H2,1-2H3/t19-,23+/m1/s1. The van der Waals surface area contributed by atoms with Crippen molar-refractivity contribution in [3.63, 3.8) is 0 Å². The molecule has 1 amide bonds. The zero-order valence-corrected chi connectivity index (χ0v) is 21.7. The average molecular weight is 497 g/mol. The van der Waals surface area contributed by atoms with Crippen LogP contribution in [-0.4, -0.2) is 84.6 Å². The van der Waals surface area contributed by atoms with Crippen LogP contribution < -0.4 is 10.2 Å². The van der Waals surface area contributed by atoms with Crippen molar-refractivity contribution < 1.29 is 4.79 Å². The van der Waals surface area contributed by atoms with Gasteiger partial charge in [-0.1, -0.05) is 30.7 Å². The maximum absolute atomic E-state index is 13.9. The first-order valence-corrected chi connectivity index (χ1v) is 13.4. The van der Waals surface area contributed by atoms with Gasteiger partial charge >= 0.3 is 0 Å². The van der Waals surface area contributed by atoms with Crippen LogP contribution in [0.25, 0.3) is 0 Å². The molecule has 2 aliphatic heterocycles. The second kappa shape index (κ2) is 10.8. The third-order valence-corrected chi connectivity index (χ3v) is 8.40. The molecule has 1 aliphatic carbocycles. The van der Waals surface area contributed by atoms with Gasteiger partial charge in [0.25, 0.3) is 0 Å². The molecule has 8 heteroatoms. The summed E-state index contributed by atoms with van der Waals surface area (Å²) in [5.41, 5.74) is 3.57. The van der Waals surface area contributed by atoms with Crippen LogP contribution in [-0.2, 0) is 11.2 Å². The van der Waals surface area contributed by atoms with Crippen LogP contribution in [0, 0.1) is 0 Å². The Hall–Kier alpha value is -2.22. The first kappa shape index (κ1) is 24.5. The van der Waals surface area contributed by atoms with E-state index in [0.717, 1.165) is 82.9 Å².